The van der Waals surface area contributed by atoms with E-state index < -0.39 is 0 Å². The molecule has 0 aliphatic heterocycles. The topological polar surface area (TPSA) is 31.6 Å². The molecule has 0 saturated carbocycles. The standard InChI is InChI=1S/C47H35N5.Pt/c1-47(2,3)31-23-25-48-46(27-31)52-40-18-10-9-17-37(40)38-22-21-32(28-45(38)52)50-26-24-39-35-15-6-5-13-33(35)34-14-7-8-16-36(34)44(29-43(39)50)51-30-49(4)41-19-11-12-20-42(41)51;/h5-27H,1-4H3;/q-2;. The van der Waals surface area contributed by atoms with E-state index in [2.05, 4.69) is 191 Å². The first kappa shape index (κ1) is 33.1. The molecule has 0 atom stereocenters. The van der Waals surface area contributed by atoms with Crippen LogP contribution in [0.2, 0.25) is 0 Å². The van der Waals surface area contributed by atoms with Gasteiger partial charge in [0.25, 0.3) is 0 Å². The minimum atomic E-state index is -0.0128. The number of aryl methyl sites for hydroxylation is 1. The Morgan fingerprint density at radius 3 is 2.09 bits per heavy atom. The van der Waals surface area contributed by atoms with Gasteiger partial charge in [-0.25, -0.2) is 4.98 Å². The fourth-order valence-corrected chi connectivity index (χ4v) is 7.84. The summed E-state index contributed by atoms with van der Waals surface area (Å²) in [4.78, 5) is 4.91. The summed E-state index contributed by atoms with van der Waals surface area (Å²) in [5.74, 6) is 0.886. The number of fused-ring (bicyclic) bond motifs is 9. The Morgan fingerprint density at radius 1 is 0.660 bits per heavy atom. The van der Waals surface area contributed by atoms with Gasteiger partial charge >= 0.3 is 0 Å². The van der Waals surface area contributed by atoms with Crippen LogP contribution in [-0.4, -0.2) is 18.7 Å². The zero-order chi connectivity index (χ0) is 35.1. The molecule has 1 aliphatic carbocycles. The van der Waals surface area contributed by atoms with Crippen molar-refractivity contribution >= 4 is 38.5 Å². The third kappa shape index (κ3) is 5.17. The number of para-hydroxylation sites is 3. The molecule has 0 bridgehead atoms. The van der Waals surface area contributed by atoms with E-state index in [0.29, 0.717) is 0 Å². The maximum atomic E-state index is 4.91. The quantitative estimate of drug-likeness (QED) is 0.129. The van der Waals surface area contributed by atoms with Gasteiger partial charge in [-0.3, -0.25) is 0 Å². The number of hydrogen-bond donors (Lipinski definition) is 0. The van der Waals surface area contributed by atoms with Crippen molar-refractivity contribution in [1.82, 2.24) is 18.7 Å². The van der Waals surface area contributed by atoms with Crippen LogP contribution >= 0.6 is 0 Å². The van der Waals surface area contributed by atoms with E-state index in [-0.39, 0.29) is 26.5 Å². The molecule has 0 amide bonds. The van der Waals surface area contributed by atoms with E-state index >= 15 is 0 Å². The summed E-state index contributed by atoms with van der Waals surface area (Å²) in [6, 6.07) is 49.2. The van der Waals surface area contributed by atoms with Crippen LogP contribution in [0, 0.1) is 18.5 Å². The van der Waals surface area contributed by atoms with Gasteiger partial charge in [-0.15, -0.1) is 29.1 Å². The van der Waals surface area contributed by atoms with Crippen LogP contribution < -0.4 is 4.57 Å². The summed E-state index contributed by atoms with van der Waals surface area (Å²) in [5.41, 5.74) is 14.0. The molecule has 1 aliphatic rings. The minimum absolute atomic E-state index is 0. The molecule has 5 aromatic carbocycles. The maximum absolute atomic E-state index is 4.91. The van der Waals surface area contributed by atoms with Gasteiger partial charge in [-0.2, -0.15) is 12.1 Å². The Kier molecular flexibility index (Phi) is 7.76. The number of aromatic nitrogens is 5. The molecule has 0 unspecified atom stereocenters. The Labute approximate surface area is 323 Å². The summed E-state index contributed by atoms with van der Waals surface area (Å²) >= 11 is 0. The van der Waals surface area contributed by atoms with Crippen molar-refractivity contribution < 1.29 is 25.6 Å². The molecule has 0 fully saturated rings. The van der Waals surface area contributed by atoms with Crippen molar-refractivity contribution in [3.63, 3.8) is 0 Å². The summed E-state index contributed by atoms with van der Waals surface area (Å²) in [5, 5.41) is 2.31. The zero-order valence-electron chi connectivity index (χ0n) is 29.8. The molecule has 4 aromatic heterocycles. The zero-order valence-corrected chi connectivity index (χ0v) is 32.1. The molecule has 0 radical (unpaired) electrons. The monoisotopic (exact) mass is 864 g/mol. The van der Waals surface area contributed by atoms with Gasteiger partial charge in [0.1, 0.15) is 5.82 Å². The van der Waals surface area contributed by atoms with E-state index in [1.807, 2.05) is 13.2 Å². The van der Waals surface area contributed by atoms with Crippen LogP contribution in [0.1, 0.15) is 37.6 Å². The summed E-state index contributed by atoms with van der Waals surface area (Å²) in [7, 11) is 2.05. The van der Waals surface area contributed by atoms with E-state index in [0.717, 1.165) is 67.0 Å². The number of pyridine rings is 1. The van der Waals surface area contributed by atoms with Crippen LogP contribution in [0.3, 0.4) is 0 Å². The largest absolute Gasteiger partial charge is 0.366 e. The Balaban J connectivity index is 0.00000372. The Bertz CT molecular complexity index is 2910. The van der Waals surface area contributed by atoms with Crippen LogP contribution in [0.5, 0.6) is 0 Å². The Hall–Kier alpha value is -5.77. The van der Waals surface area contributed by atoms with Crippen LogP contribution in [-0.2, 0) is 33.5 Å². The third-order valence-corrected chi connectivity index (χ3v) is 10.4. The molecule has 0 spiro atoms. The second kappa shape index (κ2) is 12.4. The predicted molar refractivity (Wildman–Crippen MR) is 209 cm³/mol. The molecule has 4 heterocycles. The van der Waals surface area contributed by atoms with Gasteiger partial charge in [0.2, 0.25) is 6.33 Å². The van der Waals surface area contributed by atoms with Gasteiger partial charge < -0.3 is 18.3 Å². The third-order valence-electron chi connectivity index (χ3n) is 10.4. The van der Waals surface area contributed by atoms with Gasteiger partial charge in [0.15, 0.2) is 0 Å². The van der Waals surface area contributed by atoms with Gasteiger partial charge in [-0.05, 0) is 46.3 Å². The SMILES string of the molecule is Cn1[c-][n+](C2=[C-]c3c(ccn3-c3[c-]c4c(cc3)c3ccccc3n4-c3cc(C(C)(C)C)ccn3)-c3ccccc3-c3ccccc32)c2ccccc21.[Pt]. The molecule has 6 heteroatoms. The molecule has 10 rings (SSSR count). The van der Waals surface area contributed by atoms with Crippen molar-refractivity contribution in [2.45, 2.75) is 26.2 Å². The molecular weight excluding hydrogens is 830 g/mol. The number of benzene rings is 5. The second-order valence-electron chi connectivity index (χ2n) is 14.6. The van der Waals surface area contributed by atoms with Crippen molar-refractivity contribution in [2.24, 2.45) is 7.05 Å². The average Bonchev–Trinajstić information content (AvgIpc) is 3.84. The smallest absolute Gasteiger partial charge is 0.242 e. The molecule has 5 nitrogen and oxygen atoms in total. The van der Waals surface area contributed by atoms with E-state index in [1.54, 1.807) is 0 Å². The molecule has 0 saturated heterocycles. The van der Waals surface area contributed by atoms with Gasteiger partial charge in [0, 0.05) is 32.8 Å². The van der Waals surface area contributed by atoms with Crippen LogP contribution in [0.15, 0.2) is 140 Å². The van der Waals surface area contributed by atoms with E-state index in [9.17, 15) is 0 Å². The molecule has 53 heavy (non-hydrogen) atoms. The van der Waals surface area contributed by atoms with E-state index in [1.165, 1.54) is 22.1 Å². The normalized spacial score (nSPS) is 12.5. The van der Waals surface area contributed by atoms with Crippen molar-refractivity contribution in [3.05, 3.63) is 175 Å². The first-order chi connectivity index (χ1) is 25.3. The Morgan fingerprint density at radius 2 is 1.32 bits per heavy atom. The number of imidazole rings is 1. The number of hydrogen-bond acceptors (Lipinski definition) is 1. The first-order valence-electron chi connectivity index (χ1n) is 17.7. The van der Waals surface area contributed by atoms with Crippen LogP contribution in [0.4, 0.5) is 0 Å². The van der Waals surface area contributed by atoms with Crippen LogP contribution in [0.25, 0.3) is 72.3 Å². The van der Waals surface area contributed by atoms with Gasteiger partial charge in [0.05, 0.1) is 18.1 Å². The molecular formula is C47H35N5Pt-2. The summed E-state index contributed by atoms with van der Waals surface area (Å²) in [6.07, 6.45) is 11.7. The molecule has 9 aromatic rings. The number of nitrogens with zero attached hydrogens (tertiary/aromatic N) is 5. The minimum Gasteiger partial charge on any atom is -0.366 e. The molecule has 260 valence electrons. The van der Waals surface area contributed by atoms with Crippen molar-refractivity contribution in [3.8, 4) is 33.8 Å². The van der Waals surface area contributed by atoms with E-state index in [4.69, 9.17) is 4.98 Å². The summed E-state index contributed by atoms with van der Waals surface area (Å²) in [6.45, 7) is 6.72. The molecule has 0 N–H and O–H groups in total. The number of rotatable bonds is 3. The van der Waals surface area contributed by atoms with Crippen molar-refractivity contribution in [2.75, 3.05) is 0 Å². The predicted octanol–water partition coefficient (Wildman–Crippen LogP) is 10.0. The second-order valence-corrected chi connectivity index (χ2v) is 14.6. The fourth-order valence-electron chi connectivity index (χ4n) is 7.84. The van der Waals surface area contributed by atoms with Gasteiger partial charge in [-0.1, -0.05) is 151 Å². The summed E-state index contributed by atoms with van der Waals surface area (Å²) < 4.78 is 8.70. The average molecular weight is 865 g/mol. The maximum Gasteiger partial charge on any atom is 0.242 e. The van der Waals surface area contributed by atoms with Crippen molar-refractivity contribution in [1.29, 1.82) is 0 Å². The fraction of sp³-hybridized carbons (Fsp3) is 0.106. The first-order valence-corrected chi connectivity index (χ1v) is 17.7.